The van der Waals surface area contributed by atoms with Crippen LogP contribution in [0.5, 0.6) is 0 Å². The smallest absolute Gasteiger partial charge is 0.321 e. The zero-order valence-corrected chi connectivity index (χ0v) is 14.2. The lowest BCUT2D eigenvalue weighted by Crippen LogP contribution is -2.34. The lowest BCUT2D eigenvalue weighted by Gasteiger charge is -2.21. The molecule has 4 heteroatoms. The molecular weight excluding hydrogens is 276 g/mol. The molecule has 0 bridgehead atoms. The molecule has 2 amide bonds. The highest BCUT2D eigenvalue weighted by atomic mass is 16.5. The number of benzene rings is 1. The summed E-state index contributed by atoms with van der Waals surface area (Å²) in [6, 6.07) is 4.43. The summed E-state index contributed by atoms with van der Waals surface area (Å²) in [6.07, 6.45) is 3.97. The molecule has 1 N–H and O–H groups in total. The highest BCUT2D eigenvalue weighted by Crippen LogP contribution is 2.26. The molecule has 1 aromatic carbocycles. The quantitative estimate of drug-likeness (QED) is 0.902. The van der Waals surface area contributed by atoms with Gasteiger partial charge in [-0.05, 0) is 42.4 Å². The molecule has 1 saturated heterocycles. The van der Waals surface area contributed by atoms with Crippen LogP contribution in [-0.2, 0) is 24.0 Å². The minimum Gasteiger partial charge on any atom is -0.380 e. The average Bonchev–Trinajstić information content (AvgIpc) is 3.03. The number of methoxy groups -OCH3 is 1. The van der Waals surface area contributed by atoms with E-state index in [2.05, 4.69) is 38.2 Å². The van der Waals surface area contributed by atoms with Gasteiger partial charge in [0.15, 0.2) is 0 Å². The van der Waals surface area contributed by atoms with Gasteiger partial charge < -0.3 is 15.0 Å². The maximum absolute atomic E-state index is 12.5. The van der Waals surface area contributed by atoms with Gasteiger partial charge in [0.1, 0.15) is 0 Å². The molecule has 2 rings (SSSR count). The van der Waals surface area contributed by atoms with E-state index in [1.54, 1.807) is 7.11 Å². The third kappa shape index (κ3) is 3.61. The Balaban J connectivity index is 2.19. The molecule has 0 aliphatic carbocycles. The standard InChI is InChI=1S/C18H28N2O2/c1-5-13-10-14(6-2)17(15(7-3)11-13)19-18(21)20-9-8-16(12-20)22-4/h10-11,16H,5-9,12H2,1-4H3,(H,19,21). The van der Waals surface area contributed by atoms with E-state index in [9.17, 15) is 4.79 Å². The first-order valence-corrected chi connectivity index (χ1v) is 8.36. The molecular formula is C18H28N2O2. The molecule has 22 heavy (non-hydrogen) atoms. The number of likely N-dealkylation sites (tertiary alicyclic amines) is 1. The number of nitrogens with one attached hydrogen (secondary N) is 1. The van der Waals surface area contributed by atoms with Gasteiger partial charge in [-0.3, -0.25) is 0 Å². The highest BCUT2D eigenvalue weighted by molar-refractivity contribution is 5.91. The van der Waals surface area contributed by atoms with Crippen molar-refractivity contribution in [3.63, 3.8) is 0 Å². The fourth-order valence-corrected chi connectivity index (χ4v) is 3.05. The highest BCUT2D eigenvalue weighted by Gasteiger charge is 2.26. The number of amides is 2. The van der Waals surface area contributed by atoms with Crippen LogP contribution in [0.25, 0.3) is 0 Å². The number of carbonyl (C=O) groups excluding carboxylic acids is 1. The number of hydrogen-bond acceptors (Lipinski definition) is 2. The van der Waals surface area contributed by atoms with Crippen LogP contribution in [0, 0.1) is 0 Å². The van der Waals surface area contributed by atoms with Crippen molar-refractivity contribution in [1.29, 1.82) is 0 Å². The Hall–Kier alpha value is -1.55. The van der Waals surface area contributed by atoms with Crippen LogP contribution in [0.2, 0.25) is 0 Å². The Kier molecular flexibility index (Phi) is 5.83. The minimum atomic E-state index is -0.00630. The second-order valence-electron chi connectivity index (χ2n) is 5.87. The first-order chi connectivity index (χ1) is 10.6. The number of nitrogens with zero attached hydrogens (tertiary/aromatic N) is 1. The average molecular weight is 304 g/mol. The molecule has 1 heterocycles. The summed E-state index contributed by atoms with van der Waals surface area (Å²) in [5.74, 6) is 0. The van der Waals surface area contributed by atoms with Crippen molar-refractivity contribution in [2.75, 3.05) is 25.5 Å². The molecule has 0 spiro atoms. The number of anilines is 1. The second-order valence-corrected chi connectivity index (χ2v) is 5.87. The molecule has 1 fully saturated rings. The Labute approximate surface area is 133 Å². The van der Waals surface area contributed by atoms with Crippen LogP contribution < -0.4 is 5.32 Å². The third-order valence-corrected chi connectivity index (χ3v) is 4.53. The maximum Gasteiger partial charge on any atom is 0.321 e. The summed E-state index contributed by atoms with van der Waals surface area (Å²) < 4.78 is 5.34. The summed E-state index contributed by atoms with van der Waals surface area (Å²) in [5, 5.41) is 3.15. The number of ether oxygens (including phenoxy) is 1. The molecule has 0 aromatic heterocycles. The van der Waals surface area contributed by atoms with Crippen LogP contribution in [0.15, 0.2) is 12.1 Å². The Morgan fingerprint density at radius 1 is 1.23 bits per heavy atom. The number of hydrogen-bond donors (Lipinski definition) is 1. The van der Waals surface area contributed by atoms with Crippen molar-refractivity contribution in [3.05, 3.63) is 28.8 Å². The van der Waals surface area contributed by atoms with Crippen LogP contribution >= 0.6 is 0 Å². The maximum atomic E-state index is 12.5. The predicted octanol–water partition coefficient (Wildman–Crippen LogP) is 3.63. The van der Waals surface area contributed by atoms with Crippen molar-refractivity contribution in [3.8, 4) is 0 Å². The summed E-state index contributed by atoms with van der Waals surface area (Å²) in [6.45, 7) is 7.89. The first kappa shape index (κ1) is 16.8. The molecule has 1 aliphatic rings. The molecule has 122 valence electrons. The first-order valence-electron chi connectivity index (χ1n) is 8.36. The van der Waals surface area contributed by atoms with Crippen molar-refractivity contribution >= 4 is 11.7 Å². The topological polar surface area (TPSA) is 41.6 Å². The van der Waals surface area contributed by atoms with Gasteiger partial charge in [-0.25, -0.2) is 4.79 Å². The van der Waals surface area contributed by atoms with E-state index in [1.165, 1.54) is 16.7 Å². The van der Waals surface area contributed by atoms with Crippen LogP contribution in [0.4, 0.5) is 10.5 Å². The van der Waals surface area contributed by atoms with E-state index < -0.39 is 0 Å². The Morgan fingerprint density at radius 3 is 2.32 bits per heavy atom. The summed E-state index contributed by atoms with van der Waals surface area (Å²) in [5.41, 5.74) is 4.81. The van der Waals surface area contributed by atoms with Crippen LogP contribution in [-0.4, -0.2) is 37.2 Å². The van der Waals surface area contributed by atoms with Crippen molar-refractivity contribution in [2.24, 2.45) is 0 Å². The predicted molar refractivity (Wildman–Crippen MR) is 90.6 cm³/mol. The van der Waals surface area contributed by atoms with Crippen molar-refractivity contribution < 1.29 is 9.53 Å². The van der Waals surface area contributed by atoms with Crippen LogP contribution in [0.3, 0.4) is 0 Å². The molecule has 1 atom stereocenters. The van der Waals surface area contributed by atoms with Gasteiger partial charge in [0, 0.05) is 25.9 Å². The third-order valence-electron chi connectivity index (χ3n) is 4.53. The van der Waals surface area contributed by atoms with E-state index in [-0.39, 0.29) is 12.1 Å². The zero-order chi connectivity index (χ0) is 16.1. The monoisotopic (exact) mass is 304 g/mol. The van der Waals surface area contributed by atoms with E-state index in [4.69, 9.17) is 4.74 Å². The van der Waals surface area contributed by atoms with Gasteiger partial charge in [0.2, 0.25) is 0 Å². The largest absolute Gasteiger partial charge is 0.380 e. The van der Waals surface area contributed by atoms with Gasteiger partial charge in [0.25, 0.3) is 0 Å². The van der Waals surface area contributed by atoms with Crippen LogP contribution in [0.1, 0.15) is 43.9 Å². The molecule has 1 aliphatic heterocycles. The molecule has 1 unspecified atom stereocenters. The van der Waals surface area contributed by atoms with Gasteiger partial charge in [-0.1, -0.05) is 32.9 Å². The fourth-order valence-electron chi connectivity index (χ4n) is 3.05. The lowest BCUT2D eigenvalue weighted by molar-refractivity contribution is 0.111. The molecule has 4 nitrogen and oxygen atoms in total. The van der Waals surface area contributed by atoms with E-state index in [0.717, 1.165) is 37.9 Å². The lowest BCUT2D eigenvalue weighted by atomic mass is 9.98. The second kappa shape index (κ2) is 7.63. The number of carbonyl (C=O) groups is 1. The van der Waals surface area contributed by atoms with Gasteiger partial charge in [0.05, 0.1) is 6.10 Å². The Morgan fingerprint density at radius 2 is 1.86 bits per heavy atom. The number of urea groups is 1. The zero-order valence-electron chi connectivity index (χ0n) is 14.2. The fraction of sp³-hybridized carbons (Fsp3) is 0.611. The van der Waals surface area contributed by atoms with Crippen molar-refractivity contribution in [1.82, 2.24) is 4.90 Å². The summed E-state index contributed by atoms with van der Waals surface area (Å²) >= 11 is 0. The van der Waals surface area contributed by atoms with Gasteiger partial charge in [-0.15, -0.1) is 0 Å². The number of aryl methyl sites for hydroxylation is 3. The SMILES string of the molecule is CCc1cc(CC)c(NC(=O)N2CCC(OC)C2)c(CC)c1. The molecule has 0 radical (unpaired) electrons. The molecule has 0 saturated carbocycles. The van der Waals surface area contributed by atoms with Gasteiger partial charge in [-0.2, -0.15) is 0 Å². The van der Waals surface area contributed by atoms with E-state index >= 15 is 0 Å². The van der Waals surface area contributed by atoms with E-state index in [0.29, 0.717) is 6.54 Å². The van der Waals surface area contributed by atoms with E-state index in [1.807, 2.05) is 4.90 Å². The Bertz CT molecular complexity index is 503. The number of rotatable bonds is 5. The minimum absolute atomic E-state index is 0.00630. The summed E-state index contributed by atoms with van der Waals surface area (Å²) in [7, 11) is 1.71. The summed E-state index contributed by atoms with van der Waals surface area (Å²) in [4.78, 5) is 14.4. The normalized spacial score (nSPS) is 17.8. The molecule has 1 aromatic rings. The van der Waals surface area contributed by atoms with Gasteiger partial charge >= 0.3 is 6.03 Å². The van der Waals surface area contributed by atoms with Crippen molar-refractivity contribution in [2.45, 2.75) is 52.6 Å².